The molecule has 1 heterocycles. The minimum Gasteiger partial charge on any atom is -0.493 e. The zero-order chi connectivity index (χ0) is 16.2. The van der Waals surface area contributed by atoms with E-state index < -0.39 is 0 Å². The molecular formula is C19H20N2O2. The molecule has 2 aromatic carbocycles. The Balaban J connectivity index is 1.64. The lowest BCUT2D eigenvalue weighted by atomic mass is 10.1. The number of hydrogen-bond acceptors (Lipinski definition) is 3. The monoisotopic (exact) mass is 308 g/mol. The second-order valence-electron chi connectivity index (χ2n) is 5.73. The van der Waals surface area contributed by atoms with Gasteiger partial charge in [-0.3, -0.25) is 4.79 Å². The van der Waals surface area contributed by atoms with E-state index in [1.54, 1.807) is 6.20 Å². The summed E-state index contributed by atoms with van der Waals surface area (Å²) in [5.74, 6) is 0.906. The molecule has 0 bridgehead atoms. The van der Waals surface area contributed by atoms with Gasteiger partial charge in [-0.05, 0) is 37.1 Å². The van der Waals surface area contributed by atoms with E-state index in [1.165, 1.54) is 10.2 Å². The Morgan fingerprint density at radius 2 is 1.96 bits per heavy atom. The minimum atomic E-state index is -0.0464. The summed E-state index contributed by atoms with van der Waals surface area (Å²) in [7, 11) is 0. The highest BCUT2D eigenvalue weighted by Crippen LogP contribution is 2.19. The third-order valence-electron chi connectivity index (χ3n) is 3.88. The van der Waals surface area contributed by atoms with Gasteiger partial charge in [-0.25, -0.2) is 4.68 Å². The molecule has 0 saturated heterocycles. The lowest BCUT2D eigenvalue weighted by Gasteiger charge is -2.10. The van der Waals surface area contributed by atoms with Gasteiger partial charge in [0.25, 0.3) is 5.56 Å². The molecule has 0 unspecified atom stereocenters. The van der Waals surface area contributed by atoms with Crippen LogP contribution in [0, 0.1) is 13.8 Å². The van der Waals surface area contributed by atoms with Crippen LogP contribution >= 0.6 is 0 Å². The molecule has 0 N–H and O–H groups in total. The predicted octanol–water partition coefficient (Wildman–Crippen LogP) is 3.48. The van der Waals surface area contributed by atoms with Gasteiger partial charge in [0.05, 0.1) is 18.2 Å². The average molecular weight is 308 g/mol. The zero-order valence-electron chi connectivity index (χ0n) is 13.5. The maximum Gasteiger partial charge on any atom is 0.274 e. The van der Waals surface area contributed by atoms with Crippen molar-refractivity contribution in [1.29, 1.82) is 0 Å². The first-order valence-corrected chi connectivity index (χ1v) is 7.80. The Morgan fingerprint density at radius 3 is 2.83 bits per heavy atom. The Labute approximate surface area is 135 Å². The summed E-state index contributed by atoms with van der Waals surface area (Å²) in [6.45, 7) is 5.19. The van der Waals surface area contributed by atoms with Crippen molar-refractivity contribution in [1.82, 2.24) is 9.78 Å². The van der Waals surface area contributed by atoms with E-state index in [1.807, 2.05) is 44.2 Å². The van der Waals surface area contributed by atoms with E-state index in [9.17, 15) is 4.79 Å². The first-order chi connectivity index (χ1) is 11.1. The van der Waals surface area contributed by atoms with Crippen LogP contribution in [0.3, 0.4) is 0 Å². The lowest BCUT2D eigenvalue weighted by Crippen LogP contribution is -2.23. The zero-order valence-corrected chi connectivity index (χ0v) is 13.5. The minimum absolute atomic E-state index is 0.0464. The van der Waals surface area contributed by atoms with Crippen LogP contribution in [0.2, 0.25) is 0 Å². The Kier molecular flexibility index (Phi) is 4.42. The second kappa shape index (κ2) is 6.65. The van der Waals surface area contributed by atoms with Crippen molar-refractivity contribution in [2.24, 2.45) is 0 Å². The number of benzene rings is 2. The van der Waals surface area contributed by atoms with E-state index in [4.69, 9.17) is 4.74 Å². The summed E-state index contributed by atoms with van der Waals surface area (Å²) in [5.41, 5.74) is 2.25. The van der Waals surface area contributed by atoms with Crippen LogP contribution in [0.15, 0.2) is 53.5 Å². The normalized spacial score (nSPS) is 10.9. The van der Waals surface area contributed by atoms with Crippen molar-refractivity contribution in [3.8, 4) is 5.75 Å². The van der Waals surface area contributed by atoms with E-state index in [0.717, 1.165) is 23.1 Å². The quantitative estimate of drug-likeness (QED) is 0.678. The number of ether oxygens (including phenoxy) is 1. The van der Waals surface area contributed by atoms with E-state index in [2.05, 4.69) is 17.2 Å². The third kappa shape index (κ3) is 3.42. The maximum absolute atomic E-state index is 12.4. The molecule has 0 aliphatic carbocycles. The summed E-state index contributed by atoms with van der Waals surface area (Å²) in [6.07, 6.45) is 2.47. The van der Waals surface area contributed by atoms with E-state index in [0.29, 0.717) is 18.5 Å². The Bertz CT molecular complexity index is 884. The molecule has 3 aromatic rings. The standard InChI is InChI=1S/C19H20N2O2/c1-14-8-9-15(2)18(12-14)23-11-5-10-21-19(22)17-7-4-3-6-16(17)13-20-21/h3-4,6-9,12-13H,5,10-11H2,1-2H3. The van der Waals surface area contributed by atoms with E-state index >= 15 is 0 Å². The van der Waals surface area contributed by atoms with Gasteiger partial charge in [0.1, 0.15) is 5.75 Å². The molecule has 118 valence electrons. The lowest BCUT2D eigenvalue weighted by molar-refractivity contribution is 0.295. The van der Waals surface area contributed by atoms with Crippen molar-refractivity contribution in [3.63, 3.8) is 0 Å². The van der Waals surface area contributed by atoms with Crippen LogP contribution in [0.1, 0.15) is 17.5 Å². The molecular weight excluding hydrogens is 288 g/mol. The summed E-state index contributed by atoms with van der Waals surface area (Å²) < 4.78 is 7.33. The summed E-state index contributed by atoms with van der Waals surface area (Å²) in [5, 5.41) is 5.81. The third-order valence-corrected chi connectivity index (χ3v) is 3.88. The molecule has 0 fully saturated rings. The second-order valence-corrected chi connectivity index (χ2v) is 5.73. The van der Waals surface area contributed by atoms with Crippen molar-refractivity contribution in [2.75, 3.05) is 6.61 Å². The highest BCUT2D eigenvalue weighted by molar-refractivity contribution is 5.80. The molecule has 0 saturated carbocycles. The molecule has 0 amide bonds. The number of aromatic nitrogens is 2. The molecule has 0 aliphatic heterocycles. The molecule has 4 nitrogen and oxygen atoms in total. The van der Waals surface area contributed by atoms with Crippen LogP contribution in [-0.2, 0) is 6.54 Å². The van der Waals surface area contributed by atoms with Gasteiger partial charge < -0.3 is 4.74 Å². The topological polar surface area (TPSA) is 44.1 Å². The molecule has 4 heteroatoms. The van der Waals surface area contributed by atoms with Crippen LogP contribution in [-0.4, -0.2) is 16.4 Å². The molecule has 0 atom stereocenters. The van der Waals surface area contributed by atoms with Gasteiger partial charge >= 0.3 is 0 Å². The molecule has 1 aromatic heterocycles. The number of hydrogen-bond donors (Lipinski definition) is 0. The SMILES string of the molecule is Cc1ccc(C)c(OCCCn2ncc3ccccc3c2=O)c1. The Hall–Kier alpha value is -2.62. The number of nitrogens with zero attached hydrogens (tertiary/aromatic N) is 2. The predicted molar refractivity (Wildman–Crippen MR) is 92.0 cm³/mol. The first-order valence-electron chi connectivity index (χ1n) is 7.80. The summed E-state index contributed by atoms with van der Waals surface area (Å²) in [4.78, 5) is 12.4. The van der Waals surface area contributed by atoms with Crippen LogP contribution < -0.4 is 10.3 Å². The van der Waals surface area contributed by atoms with Crippen LogP contribution in [0.25, 0.3) is 10.8 Å². The van der Waals surface area contributed by atoms with Gasteiger partial charge in [-0.1, -0.05) is 30.3 Å². The van der Waals surface area contributed by atoms with Crippen molar-refractivity contribution < 1.29 is 4.74 Å². The highest BCUT2D eigenvalue weighted by atomic mass is 16.5. The average Bonchev–Trinajstić information content (AvgIpc) is 2.56. The fraction of sp³-hybridized carbons (Fsp3) is 0.263. The van der Waals surface area contributed by atoms with Gasteiger partial charge in [0.2, 0.25) is 0 Å². The van der Waals surface area contributed by atoms with Gasteiger partial charge in [-0.15, -0.1) is 0 Å². The number of aryl methyl sites for hydroxylation is 3. The molecule has 0 aliphatic rings. The van der Waals surface area contributed by atoms with Crippen molar-refractivity contribution in [2.45, 2.75) is 26.8 Å². The van der Waals surface area contributed by atoms with Crippen LogP contribution in [0.5, 0.6) is 5.75 Å². The van der Waals surface area contributed by atoms with E-state index in [-0.39, 0.29) is 5.56 Å². The molecule has 0 spiro atoms. The highest BCUT2D eigenvalue weighted by Gasteiger charge is 2.04. The maximum atomic E-state index is 12.4. The largest absolute Gasteiger partial charge is 0.493 e. The fourth-order valence-electron chi connectivity index (χ4n) is 2.55. The number of fused-ring (bicyclic) bond motifs is 1. The number of rotatable bonds is 5. The van der Waals surface area contributed by atoms with Crippen molar-refractivity contribution >= 4 is 10.8 Å². The smallest absolute Gasteiger partial charge is 0.274 e. The van der Waals surface area contributed by atoms with Gasteiger partial charge in [0.15, 0.2) is 0 Å². The summed E-state index contributed by atoms with van der Waals surface area (Å²) >= 11 is 0. The van der Waals surface area contributed by atoms with Crippen molar-refractivity contribution in [3.05, 3.63) is 70.1 Å². The fourth-order valence-corrected chi connectivity index (χ4v) is 2.55. The molecule has 0 radical (unpaired) electrons. The first kappa shape index (κ1) is 15.3. The molecule has 23 heavy (non-hydrogen) atoms. The van der Waals surface area contributed by atoms with Gasteiger partial charge in [0, 0.05) is 18.4 Å². The van der Waals surface area contributed by atoms with Crippen LogP contribution in [0.4, 0.5) is 0 Å². The molecule has 3 rings (SSSR count). The summed E-state index contributed by atoms with van der Waals surface area (Å²) in [6, 6.07) is 13.7. The Morgan fingerprint density at radius 1 is 1.13 bits per heavy atom. The van der Waals surface area contributed by atoms with Gasteiger partial charge in [-0.2, -0.15) is 5.10 Å².